The van der Waals surface area contributed by atoms with E-state index in [0.29, 0.717) is 12.6 Å². The van der Waals surface area contributed by atoms with Gasteiger partial charge in [0, 0.05) is 18.3 Å². The van der Waals surface area contributed by atoms with E-state index in [0.717, 1.165) is 36.5 Å². The molecule has 3 heteroatoms. The van der Waals surface area contributed by atoms with E-state index in [9.17, 15) is 0 Å². The molecule has 1 rings (SSSR count). The highest BCUT2D eigenvalue weighted by atomic mass is 16.5. The van der Waals surface area contributed by atoms with Crippen LogP contribution in [-0.2, 0) is 6.42 Å². The average molecular weight is 236 g/mol. The van der Waals surface area contributed by atoms with Gasteiger partial charge in [0.05, 0.1) is 5.69 Å². The molecule has 17 heavy (non-hydrogen) atoms. The van der Waals surface area contributed by atoms with Crippen LogP contribution in [0.5, 0.6) is 5.75 Å². The van der Waals surface area contributed by atoms with Crippen molar-refractivity contribution in [2.24, 2.45) is 0 Å². The summed E-state index contributed by atoms with van der Waals surface area (Å²) in [6.45, 7) is 10.1. The molecule has 1 heterocycles. The SMILES string of the molecule is CCc1nc(C)ccc1OCCNC(C)CC. The number of nitrogens with one attached hydrogen (secondary N) is 1. The van der Waals surface area contributed by atoms with Crippen LogP contribution < -0.4 is 10.1 Å². The first-order valence-corrected chi connectivity index (χ1v) is 6.50. The van der Waals surface area contributed by atoms with Crippen LogP contribution >= 0.6 is 0 Å². The molecule has 0 aromatic carbocycles. The summed E-state index contributed by atoms with van der Waals surface area (Å²) in [4.78, 5) is 4.48. The predicted octanol–water partition coefficient (Wildman–Crippen LogP) is 2.72. The zero-order valence-corrected chi connectivity index (χ0v) is 11.4. The lowest BCUT2D eigenvalue weighted by Crippen LogP contribution is -2.29. The highest BCUT2D eigenvalue weighted by Crippen LogP contribution is 2.17. The van der Waals surface area contributed by atoms with E-state index in [1.54, 1.807) is 0 Å². The zero-order chi connectivity index (χ0) is 12.7. The Bertz CT molecular complexity index is 339. The number of pyridine rings is 1. The first-order valence-electron chi connectivity index (χ1n) is 6.50. The van der Waals surface area contributed by atoms with Gasteiger partial charge in [-0.15, -0.1) is 0 Å². The molecule has 0 aliphatic heterocycles. The molecule has 0 amide bonds. The molecule has 0 bridgehead atoms. The molecule has 0 aliphatic rings. The summed E-state index contributed by atoms with van der Waals surface area (Å²) >= 11 is 0. The Morgan fingerprint density at radius 3 is 2.76 bits per heavy atom. The van der Waals surface area contributed by atoms with Gasteiger partial charge >= 0.3 is 0 Å². The number of ether oxygens (including phenoxy) is 1. The summed E-state index contributed by atoms with van der Waals surface area (Å²) < 4.78 is 5.75. The van der Waals surface area contributed by atoms with E-state index in [2.05, 4.69) is 31.1 Å². The van der Waals surface area contributed by atoms with Crippen LogP contribution in [0.4, 0.5) is 0 Å². The van der Waals surface area contributed by atoms with Gasteiger partial charge in [0.25, 0.3) is 0 Å². The third kappa shape index (κ3) is 4.73. The number of hydrogen-bond donors (Lipinski definition) is 1. The Hall–Kier alpha value is -1.09. The molecule has 1 aromatic rings. The fourth-order valence-corrected chi connectivity index (χ4v) is 1.59. The highest BCUT2D eigenvalue weighted by Gasteiger charge is 2.04. The van der Waals surface area contributed by atoms with Crippen molar-refractivity contribution in [3.05, 3.63) is 23.5 Å². The summed E-state index contributed by atoms with van der Waals surface area (Å²) in [5.74, 6) is 0.920. The molecule has 1 unspecified atom stereocenters. The van der Waals surface area contributed by atoms with E-state index in [1.807, 2.05) is 19.1 Å². The van der Waals surface area contributed by atoms with Gasteiger partial charge < -0.3 is 10.1 Å². The molecule has 0 saturated heterocycles. The first kappa shape index (κ1) is 14.0. The van der Waals surface area contributed by atoms with Crippen LogP contribution in [0.3, 0.4) is 0 Å². The fraction of sp³-hybridized carbons (Fsp3) is 0.643. The second-order valence-electron chi connectivity index (χ2n) is 4.36. The summed E-state index contributed by atoms with van der Waals surface area (Å²) in [5.41, 5.74) is 2.10. The van der Waals surface area contributed by atoms with E-state index >= 15 is 0 Å². The summed E-state index contributed by atoms with van der Waals surface area (Å²) in [6, 6.07) is 4.57. The molecular formula is C14H24N2O. The standard InChI is InChI=1S/C14H24N2O/c1-5-11(3)15-9-10-17-14-8-7-12(4)16-13(14)6-2/h7-8,11,15H,5-6,9-10H2,1-4H3. The maximum absolute atomic E-state index is 5.75. The van der Waals surface area contributed by atoms with Gasteiger partial charge in [-0.05, 0) is 38.8 Å². The molecule has 1 aromatic heterocycles. The number of rotatable bonds is 7. The lowest BCUT2D eigenvalue weighted by molar-refractivity contribution is 0.302. The van der Waals surface area contributed by atoms with Crippen LogP contribution in [0.25, 0.3) is 0 Å². The van der Waals surface area contributed by atoms with E-state index in [4.69, 9.17) is 4.74 Å². The number of aromatic nitrogens is 1. The zero-order valence-electron chi connectivity index (χ0n) is 11.4. The summed E-state index contributed by atoms with van der Waals surface area (Å²) in [5, 5.41) is 3.41. The second kappa shape index (κ2) is 7.28. The molecule has 0 aliphatic carbocycles. The smallest absolute Gasteiger partial charge is 0.140 e. The van der Waals surface area contributed by atoms with Gasteiger partial charge in [0.1, 0.15) is 12.4 Å². The van der Waals surface area contributed by atoms with Crippen molar-refractivity contribution in [2.45, 2.75) is 46.6 Å². The number of nitrogens with zero attached hydrogens (tertiary/aromatic N) is 1. The molecule has 1 N–H and O–H groups in total. The van der Waals surface area contributed by atoms with Crippen molar-refractivity contribution in [1.29, 1.82) is 0 Å². The van der Waals surface area contributed by atoms with E-state index in [-0.39, 0.29) is 0 Å². The molecule has 96 valence electrons. The van der Waals surface area contributed by atoms with Crippen LogP contribution in [0, 0.1) is 6.92 Å². The van der Waals surface area contributed by atoms with Crippen LogP contribution in [0.2, 0.25) is 0 Å². The Morgan fingerprint density at radius 2 is 2.12 bits per heavy atom. The minimum atomic E-state index is 0.556. The highest BCUT2D eigenvalue weighted by molar-refractivity contribution is 5.29. The number of hydrogen-bond acceptors (Lipinski definition) is 3. The normalized spacial score (nSPS) is 12.5. The molecule has 3 nitrogen and oxygen atoms in total. The number of aryl methyl sites for hydroxylation is 2. The minimum absolute atomic E-state index is 0.556. The minimum Gasteiger partial charge on any atom is -0.490 e. The molecule has 0 saturated carbocycles. The second-order valence-corrected chi connectivity index (χ2v) is 4.36. The largest absolute Gasteiger partial charge is 0.490 e. The maximum Gasteiger partial charge on any atom is 0.140 e. The lowest BCUT2D eigenvalue weighted by atomic mass is 10.2. The maximum atomic E-state index is 5.75. The van der Waals surface area contributed by atoms with Gasteiger partial charge in [-0.1, -0.05) is 13.8 Å². The Balaban J connectivity index is 2.41. The Labute approximate surface area is 105 Å². The topological polar surface area (TPSA) is 34.1 Å². The van der Waals surface area contributed by atoms with Gasteiger partial charge in [-0.25, -0.2) is 0 Å². The molecule has 1 atom stereocenters. The third-order valence-electron chi connectivity index (χ3n) is 2.87. The Kier molecular flexibility index (Phi) is 5.98. The quantitative estimate of drug-likeness (QED) is 0.739. The fourth-order valence-electron chi connectivity index (χ4n) is 1.59. The summed E-state index contributed by atoms with van der Waals surface area (Å²) in [6.07, 6.45) is 2.06. The average Bonchev–Trinajstić information content (AvgIpc) is 2.35. The van der Waals surface area contributed by atoms with Gasteiger partial charge in [0.2, 0.25) is 0 Å². The van der Waals surface area contributed by atoms with Gasteiger partial charge in [0.15, 0.2) is 0 Å². The van der Waals surface area contributed by atoms with Crippen molar-refractivity contribution >= 4 is 0 Å². The van der Waals surface area contributed by atoms with Gasteiger partial charge in [-0.2, -0.15) is 0 Å². The molecular weight excluding hydrogens is 212 g/mol. The van der Waals surface area contributed by atoms with Crippen molar-refractivity contribution in [3.63, 3.8) is 0 Å². The van der Waals surface area contributed by atoms with Crippen molar-refractivity contribution in [3.8, 4) is 5.75 Å². The summed E-state index contributed by atoms with van der Waals surface area (Å²) in [7, 11) is 0. The molecule has 0 spiro atoms. The van der Waals surface area contributed by atoms with Crippen molar-refractivity contribution < 1.29 is 4.74 Å². The van der Waals surface area contributed by atoms with Crippen LogP contribution in [-0.4, -0.2) is 24.2 Å². The Morgan fingerprint density at radius 1 is 1.35 bits per heavy atom. The van der Waals surface area contributed by atoms with E-state index in [1.165, 1.54) is 0 Å². The lowest BCUT2D eigenvalue weighted by Gasteiger charge is -2.13. The van der Waals surface area contributed by atoms with Crippen molar-refractivity contribution in [1.82, 2.24) is 10.3 Å². The molecule has 0 radical (unpaired) electrons. The monoisotopic (exact) mass is 236 g/mol. The van der Waals surface area contributed by atoms with Crippen LogP contribution in [0.15, 0.2) is 12.1 Å². The molecule has 0 fully saturated rings. The van der Waals surface area contributed by atoms with E-state index < -0.39 is 0 Å². The van der Waals surface area contributed by atoms with Gasteiger partial charge in [-0.3, -0.25) is 4.98 Å². The van der Waals surface area contributed by atoms with Crippen LogP contribution in [0.1, 0.15) is 38.6 Å². The van der Waals surface area contributed by atoms with Crippen molar-refractivity contribution in [2.75, 3.05) is 13.2 Å². The predicted molar refractivity (Wildman–Crippen MR) is 71.6 cm³/mol. The third-order valence-corrected chi connectivity index (χ3v) is 2.87. The first-order chi connectivity index (χ1) is 8.17.